The summed E-state index contributed by atoms with van der Waals surface area (Å²) in [5, 5.41) is 3.20. The van der Waals surface area contributed by atoms with E-state index in [0.29, 0.717) is 23.1 Å². The van der Waals surface area contributed by atoms with E-state index in [2.05, 4.69) is 5.32 Å². The molecule has 9 nitrogen and oxygen atoms in total. The number of benzene rings is 3. The van der Waals surface area contributed by atoms with Crippen LogP contribution >= 0.6 is 11.6 Å². The number of rotatable bonds is 14. The average molecular weight is 602 g/mol. The first-order valence-electron chi connectivity index (χ1n) is 13.3. The first-order valence-corrected chi connectivity index (χ1v) is 15.1. The van der Waals surface area contributed by atoms with Crippen molar-refractivity contribution in [3.05, 3.63) is 83.4 Å². The van der Waals surface area contributed by atoms with Gasteiger partial charge in [-0.25, -0.2) is 8.42 Å². The van der Waals surface area contributed by atoms with Crippen LogP contribution in [0.1, 0.15) is 32.8 Å². The van der Waals surface area contributed by atoms with Crippen LogP contribution in [0.3, 0.4) is 0 Å². The molecule has 11 heteroatoms. The van der Waals surface area contributed by atoms with Crippen molar-refractivity contribution < 1.29 is 27.5 Å². The third-order valence-corrected chi connectivity index (χ3v) is 8.34. The van der Waals surface area contributed by atoms with E-state index in [4.69, 9.17) is 21.1 Å². The molecule has 0 bridgehead atoms. The highest BCUT2D eigenvalue weighted by atomic mass is 35.5. The van der Waals surface area contributed by atoms with Crippen molar-refractivity contribution in [1.82, 2.24) is 10.2 Å². The van der Waals surface area contributed by atoms with Gasteiger partial charge in [-0.1, -0.05) is 42.8 Å². The molecular formula is C30H36ClN3O6S. The molecule has 220 valence electrons. The van der Waals surface area contributed by atoms with E-state index in [9.17, 15) is 18.0 Å². The summed E-state index contributed by atoms with van der Waals surface area (Å²) in [4.78, 5) is 28.4. The Balaban J connectivity index is 2.08. The average Bonchev–Trinajstić information content (AvgIpc) is 2.97. The van der Waals surface area contributed by atoms with Gasteiger partial charge in [0.15, 0.2) is 0 Å². The van der Waals surface area contributed by atoms with Crippen molar-refractivity contribution in [3.8, 4) is 11.5 Å². The zero-order valence-corrected chi connectivity index (χ0v) is 25.2. The van der Waals surface area contributed by atoms with Gasteiger partial charge in [0.2, 0.25) is 11.8 Å². The third-order valence-electron chi connectivity index (χ3n) is 6.32. The normalized spacial score (nSPS) is 11.8. The number of sulfonamides is 1. The van der Waals surface area contributed by atoms with Crippen LogP contribution in [0.4, 0.5) is 5.69 Å². The predicted molar refractivity (Wildman–Crippen MR) is 160 cm³/mol. The summed E-state index contributed by atoms with van der Waals surface area (Å²) >= 11 is 6.01. The van der Waals surface area contributed by atoms with E-state index >= 15 is 0 Å². The van der Waals surface area contributed by atoms with Gasteiger partial charge in [-0.2, -0.15) is 0 Å². The smallest absolute Gasteiger partial charge is 0.264 e. The van der Waals surface area contributed by atoms with Crippen molar-refractivity contribution >= 4 is 39.1 Å². The molecule has 0 fully saturated rings. The van der Waals surface area contributed by atoms with Crippen molar-refractivity contribution in [2.75, 3.05) is 31.1 Å². The largest absolute Gasteiger partial charge is 0.497 e. The van der Waals surface area contributed by atoms with E-state index in [1.54, 1.807) is 56.3 Å². The molecule has 0 spiro atoms. The summed E-state index contributed by atoms with van der Waals surface area (Å²) in [5.41, 5.74) is 0.914. The minimum atomic E-state index is -4.26. The summed E-state index contributed by atoms with van der Waals surface area (Å²) in [6.07, 6.45) is 0.726. The van der Waals surface area contributed by atoms with Crippen LogP contribution in [0.15, 0.2) is 77.7 Å². The van der Waals surface area contributed by atoms with Gasteiger partial charge >= 0.3 is 0 Å². The van der Waals surface area contributed by atoms with E-state index in [1.807, 2.05) is 13.0 Å². The summed E-state index contributed by atoms with van der Waals surface area (Å²) in [5.74, 6) is -0.0234. The van der Waals surface area contributed by atoms with Crippen LogP contribution in [-0.4, -0.2) is 58.0 Å². The monoisotopic (exact) mass is 601 g/mol. The van der Waals surface area contributed by atoms with E-state index < -0.39 is 28.5 Å². The lowest BCUT2D eigenvalue weighted by molar-refractivity contribution is -0.139. The maximum atomic E-state index is 14.1. The van der Waals surface area contributed by atoms with Crippen LogP contribution in [0, 0.1) is 0 Å². The maximum absolute atomic E-state index is 14.1. The number of nitrogens with zero attached hydrogens (tertiary/aromatic N) is 2. The van der Waals surface area contributed by atoms with Crippen LogP contribution in [0.25, 0.3) is 0 Å². The van der Waals surface area contributed by atoms with Gasteiger partial charge in [0.25, 0.3) is 10.0 Å². The fourth-order valence-corrected chi connectivity index (χ4v) is 5.68. The van der Waals surface area contributed by atoms with Crippen molar-refractivity contribution in [1.29, 1.82) is 0 Å². The SMILES string of the molecule is CCCNC(=O)[C@H](C)N(Cc1cccc(OC)c1)C(=O)CN(c1ccccc1OCC)S(=O)(=O)c1ccc(Cl)cc1. The zero-order valence-electron chi connectivity index (χ0n) is 23.7. The molecular weight excluding hydrogens is 566 g/mol. The quantitative estimate of drug-likeness (QED) is 0.282. The molecule has 2 amide bonds. The molecule has 3 rings (SSSR count). The minimum absolute atomic E-state index is 0.0471. The fraction of sp³-hybridized carbons (Fsp3) is 0.333. The molecule has 0 heterocycles. The van der Waals surface area contributed by atoms with Crippen LogP contribution < -0.4 is 19.1 Å². The Labute approximate surface area is 247 Å². The minimum Gasteiger partial charge on any atom is -0.497 e. The first kappa shape index (κ1) is 31.8. The molecule has 0 aliphatic carbocycles. The zero-order chi connectivity index (χ0) is 30.0. The first-order chi connectivity index (χ1) is 19.6. The molecule has 1 N–H and O–H groups in total. The number of carbonyl (C=O) groups excluding carboxylic acids is 2. The Morgan fingerprint density at radius 1 is 1.00 bits per heavy atom. The van der Waals surface area contributed by atoms with E-state index in [-0.39, 0.29) is 29.6 Å². The van der Waals surface area contributed by atoms with Crippen LogP contribution in [-0.2, 0) is 26.2 Å². The second-order valence-electron chi connectivity index (χ2n) is 9.21. The highest BCUT2D eigenvalue weighted by Gasteiger charge is 2.33. The number of hydrogen-bond donors (Lipinski definition) is 1. The van der Waals surface area contributed by atoms with Gasteiger partial charge in [-0.05, 0) is 74.4 Å². The molecule has 1 atom stereocenters. The Kier molecular flexibility index (Phi) is 11.4. The second kappa shape index (κ2) is 14.7. The second-order valence-corrected chi connectivity index (χ2v) is 11.5. The predicted octanol–water partition coefficient (Wildman–Crippen LogP) is 4.89. The molecule has 0 saturated carbocycles. The fourth-order valence-electron chi connectivity index (χ4n) is 4.13. The van der Waals surface area contributed by atoms with Crippen molar-refractivity contribution in [2.24, 2.45) is 0 Å². The highest BCUT2D eigenvalue weighted by Crippen LogP contribution is 2.33. The molecule has 41 heavy (non-hydrogen) atoms. The Bertz CT molecular complexity index is 1430. The summed E-state index contributed by atoms with van der Waals surface area (Å²) in [6, 6.07) is 18.6. The molecule has 0 radical (unpaired) electrons. The number of halogens is 1. The standard InChI is InChI=1S/C30H36ClN3O6S/c1-5-18-32-30(36)22(3)33(20-23-10-9-11-25(19-23)39-4)29(35)21-34(27-12-7-8-13-28(27)40-6-2)41(37,38)26-16-14-24(31)15-17-26/h7-17,19,22H,5-6,18,20-21H2,1-4H3,(H,32,36)/t22-/m0/s1. The Morgan fingerprint density at radius 2 is 1.71 bits per heavy atom. The lowest BCUT2D eigenvalue weighted by Gasteiger charge is -2.32. The molecule has 0 aliphatic rings. The Hall–Kier alpha value is -3.76. The van der Waals surface area contributed by atoms with Gasteiger partial charge < -0.3 is 19.7 Å². The molecule has 0 aliphatic heterocycles. The number of nitrogens with one attached hydrogen (secondary N) is 1. The van der Waals surface area contributed by atoms with Crippen LogP contribution in [0.5, 0.6) is 11.5 Å². The third kappa shape index (κ3) is 8.14. The topological polar surface area (TPSA) is 105 Å². The molecule has 0 saturated heterocycles. The molecule has 0 unspecified atom stereocenters. The number of carbonyl (C=O) groups is 2. The Morgan fingerprint density at radius 3 is 2.37 bits per heavy atom. The van der Waals surface area contributed by atoms with Crippen LogP contribution in [0.2, 0.25) is 5.02 Å². The van der Waals surface area contributed by atoms with Gasteiger partial charge in [0.1, 0.15) is 24.1 Å². The molecule has 0 aromatic heterocycles. The van der Waals surface area contributed by atoms with Crippen molar-refractivity contribution in [2.45, 2.75) is 44.7 Å². The van der Waals surface area contributed by atoms with Gasteiger partial charge in [0.05, 0.1) is 24.3 Å². The molecule has 3 aromatic rings. The number of ether oxygens (including phenoxy) is 2. The number of hydrogen-bond acceptors (Lipinski definition) is 6. The highest BCUT2D eigenvalue weighted by molar-refractivity contribution is 7.92. The summed E-state index contributed by atoms with van der Waals surface area (Å²) in [6.45, 7) is 5.55. The number of anilines is 1. The number of methoxy groups -OCH3 is 1. The lowest BCUT2D eigenvalue weighted by atomic mass is 10.1. The lowest BCUT2D eigenvalue weighted by Crippen LogP contribution is -2.51. The van der Waals surface area contributed by atoms with Crippen molar-refractivity contribution in [3.63, 3.8) is 0 Å². The van der Waals surface area contributed by atoms with E-state index in [1.165, 1.54) is 36.3 Å². The van der Waals surface area contributed by atoms with E-state index in [0.717, 1.165) is 16.3 Å². The summed E-state index contributed by atoms with van der Waals surface area (Å²) < 4.78 is 40.1. The summed E-state index contributed by atoms with van der Waals surface area (Å²) in [7, 11) is -2.72. The van der Waals surface area contributed by atoms with Gasteiger partial charge in [-0.3, -0.25) is 13.9 Å². The molecule has 3 aromatic carbocycles. The van der Waals surface area contributed by atoms with Gasteiger partial charge in [-0.15, -0.1) is 0 Å². The van der Waals surface area contributed by atoms with Gasteiger partial charge in [0, 0.05) is 18.1 Å². The maximum Gasteiger partial charge on any atom is 0.264 e. The number of para-hydroxylation sites is 2. The number of amides is 2.